The highest BCUT2D eigenvalue weighted by molar-refractivity contribution is 5.44. The van der Waals surface area contributed by atoms with Crippen LogP contribution in [0.3, 0.4) is 0 Å². The molecule has 0 aromatic carbocycles. The molecule has 0 unspecified atom stereocenters. The van der Waals surface area contributed by atoms with Gasteiger partial charge in [-0.15, -0.1) is 0 Å². The molecule has 0 aliphatic heterocycles. The van der Waals surface area contributed by atoms with Gasteiger partial charge in [0.2, 0.25) is 0 Å². The Morgan fingerprint density at radius 3 is 2.37 bits per heavy atom. The maximum Gasteiger partial charge on any atom is 0.158 e. The van der Waals surface area contributed by atoms with E-state index >= 15 is 0 Å². The molecule has 0 spiro atoms. The van der Waals surface area contributed by atoms with E-state index < -0.39 is 0 Å². The fourth-order valence-corrected chi connectivity index (χ4v) is 2.27. The number of hydrogen-bond acceptors (Lipinski definition) is 5. The van der Waals surface area contributed by atoms with Crippen molar-refractivity contribution in [3.8, 4) is 0 Å². The van der Waals surface area contributed by atoms with Crippen LogP contribution < -0.4 is 11.1 Å². The number of rotatable bonds is 7. The van der Waals surface area contributed by atoms with Crippen LogP contribution in [0.5, 0.6) is 0 Å². The van der Waals surface area contributed by atoms with Gasteiger partial charge in [0.1, 0.15) is 18.2 Å². The number of nitrogens with two attached hydrogens (primary N) is 1. The van der Waals surface area contributed by atoms with Crippen molar-refractivity contribution in [2.45, 2.75) is 34.3 Å². The van der Waals surface area contributed by atoms with Gasteiger partial charge in [0.25, 0.3) is 0 Å². The van der Waals surface area contributed by atoms with Crippen molar-refractivity contribution in [3.63, 3.8) is 0 Å². The Bertz CT molecular complexity index is 385. The van der Waals surface area contributed by atoms with E-state index in [0.29, 0.717) is 36.0 Å². The highest BCUT2D eigenvalue weighted by atomic mass is 16.5. The molecule has 1 aromatic heterocycles. The molecule has 0 aliphatic carbocycles. The van der Waals surface area contributed by atoms with Crippen LogP contribution in [0, 0.1) is 17.8 Å². The molecule has 0 fully saturated rings. The number of methoxy groups -OCH3 is 1. The predicted molar refractivity (Wildman–Crippen MR) is 78.8 cm³/mol. The summed E-state index contributed by atoms with van der Waals surface area (Å²) in [5.41, 5.74) is 5.77. The molecule has 1 aromatic rings. The van der Waals surface area contributed by atoms with E-state index in [4.69, 9.17) is 10.5 Å². The Labute approximate surface area is 116 Å². The van der Waals surface area contributed by atoms with Gasteiger partial charge in [0.15, 0.2) is 5.82 Å². The fraction of sp³-hybridized carbons (Fsp3) is 0.714. The van der Waals surface area contributed by atoms with Gasteiger partial charge >= 0.3 is 0 Å². The van der Waals surface area contributed by atoms with Gasteiger partial charge in [-0.3, -0.25) is 0 Å². The normalized spacial score (nSPS) is 11.6. The minimum absolute atomic E-state index is 0.373. The first-order valence-corrected chi connectivity index (χ1v) is 6.80. The average molecular weight is 266 g/mol. The second-order valence-electron chi connectivity index (χ2n) is 5.56. The molecule has 0 radical (unpaired) electrons. The predicted octanol–water partition coefficient (Wildman–Crippen LogP) is 2.55. The number of aromatic nitrogens is 2. The third kappa shape index (κ3) is 5.03. The van der Waals surface area contributed by atoms with E-state index in [1.54, 1.807) is 13.2 Å². The van der Waals surface area contributed by atoms with E-state index in [0.717, 1.165) is 12.4 Å². The van der Waals surface area contributed by atoms with Crippen LogP contribution >= 0.6 is 0 Å². The van der Waals surface area contributed by atoms with Gasteiger partial charge < -0.3 is 15.8 Å². The molecule has 5 heteroatoms. The lowest BCUT2D eigenvalue weighted by molar-refractivity contribution is 0.178. The van der Waals surface area contributed by atoms with E-state index in [-0.39, 0.29) is 0 Å². The molecule has 5 nitrogen and oxygen atoms in total. The molecule has 1 heterocycles. The average Bonchev–Trinajstić information content (AvgIpc) is 2.27. The topological polar surface area (TPSA) is 73.1 Å². The molecule has 19 heavy (non-hydrogen) atoms. The maximum absolute atomic E-state index is 5.77. The number of ether oxygens (including phenoxy) is 1. The van der Waals surface area contributed by atoms with E-state index in [1.807, 2.05) is 0 Å². The smallest absolute Gasteiger partial charge is 0.158 e. The quantitative estimate of drug-likeness (QED) is 0.793. The Morgan fingerprint density at radius 2 is 1.84 bits per heavy atom. The van der Waals surface area contributed by atoms with E-state index in [1.165, 1.54) is 0 Å². The molecule has 0 saturated carbocycles. The van der Waals surface area contributed by atoms with Gasteiger partial charge in [0, 0.05) is 19.7 Å². The highest BCUT2D eigenvalue weighted by Crippen LogP contribution is 2.21. The summed E-state index contributed by atoms with van der Waals surface area (Å²) in [5, 5.41) is 3.36. The number of nitrogens with zero attached hydrogens (tertiary/aromatic N) is 2. The van der Waals surface area contributed by atoms with Crippen LogP contribution in [-0.4, -0.2) is 23.6 Å². The monoisotopic (exact) mass is 266 g/mol. The van der Waals surface area contributed by atoms with Crippen LogP contribution in [0.2, 0.25) is 0 Å². The van der Waals surface area contributed by atoms with Crippen molar-refractivity contribution < 1.29 is 4.74 Å². The van der Waals surface area contributed by atoms with Gasteiger partial charge in [-0.1, -0.05) is 27.7 Å². The number of hydrogen-bond donors (Lipinski definition) is 2. The van der Waals surface area contributed by atoms with Crippen molar-refractivity contribution in [2.75, 3.05) is 24.7 Å². The first-order chi connectivity index (χ1) is 8.93. The maximum atomic E-state index is 5.77. The first kappa shape index (κ1) is 15.7. The zero-order valence-electron chi connectivity index (χ0n) is 12.6. The SMILES string of the molecule is COCc1nc(N)cc(NCC(C(C)C)C(C)C)n1. The van der Waals surface area contributed by atoms with Gasteiger partial charge in [-0.05, 0) is 17.8 Å². The molecule has 1 rings (SSSR count). The molecule has 0 bridgehead atoms. The Kier molecular flexibility index (Phi) is 6.02. The third-order valence-electron chi connectivity index (χ3n) is 3.30. The number of nitrogens with one attached hydrogen (secondary N) is 1. The second kappa shape index (κ2) is 7.28. The molecular weight excluding hydrogens is 240 g/mol. The summed E-state index contributed by atoms with van der Waals surface area (Å²) in [6, 6.07) is 1.76. The molecular formula is C14H26N4O. The van der Waals surface area contributed by atoms with Crippen molar-refractivity contribution in [1.29, 1.82) is 0 Å². The zero-order valence-corrected chi connectivity index (χ0v) is 12.6. The molecule has 108 valence electrons. The molecule has 3 N–H and O–H groups in total. The molecule has 0 atom stereocenters. The highest BCUT2D eigenvalue weighted by Gasteiger charge is 2.17. The number of nitrogen functional groups attached to an aromatic ring is 1. The van der Waals surface area contributed by atoms with Crippen molar-refractivity contribution in [3.05, 3.63) is 11.9 Å². The van der Waals surface area contributed by atoms with Gasteiger partial charge in [-0.2, -0.15) is 0 Å². The van der Waals surface area contributed by atoms with Crippen molar-refractivity contribution in [2.24, 2.45) is 17.8 Å². The summed E-state index contributed by atoms with van der Waals surface area (Å²) in [4.78, 5) is 8.51. The largest absolute Gasteiger partial charge is 0.384 e. The summed E-state index contributed by atoms with van der Waals surface area (Å²) in [7, 11) is 1.62. The van der Waals surface area contributed by atoms with Crippen LogP contribution in [0.4, 0.5) is 11.6 Å². The minimum Gasteiger partial charge on any atom is -0.384 e. The minimum atomic E-state index is 0.373. The van der Waals surface area contributed by atoms with Crippen LogP contribution in [0.1, 0.15) is 33.5 Å². The first-order valence-electron chi connectivity index (χ1n) is 6.80. The van der Waals surface area contributed by atoms with Crippen LogP contribution in [0.25, 0.3) is 0 Å². The summed E-state index contributed by atoms with van der Waals surface area (Å²) in [6.07, 6.45) is 0. The van der Waals surface area contributed by atoms with E-state index in [2.05, 4.69) is 43.0 Å². The zero-order chi connectivity index (χ0) is 14.4. The lowest BCUT2D eigenvalue weighted by Crippen LogP contribution is -2.25. The Hall–Kier alpha value is -1.36. The van der Waals surface area contributed by atoms with Gasteiger partial charge in [-0.25, -0.2) is 9.97 Å². The van der Waals surface area contributed by atoms with Crippen LogP contribution in [0.15, 0.2) is 6.07 Å². The Balaban J connectivity index is 2.71. The Morgan fingerprint density at radius 1 is 1.21 bits per heavy atom. The lowest BCUT2D eigenvalue weighted by Gasteiger charge is -2.25. The summed E-state index contributed by atoms with van der Waals surface area (Å²) in [6.45, 7) is 10.2. The van der Waals surface area contributed by atoms with Gasteiger partial charge in [0.05, 0.1) is 0 Å². The lowest BCUT2D eigenvalue weighted by atomic mass is 9.85. The number of anilines is 2. The van der Waals surface area contributed by atoms with Crippen LogP contribution in [-0.2, 0) is 11.3 Å². The summed E-state index contributed by atoms with van der Waals surface area (Å²) in [5.74, 6) is 3.70. The molecule has 0 aliphatic rings. The fourth-order valence-electron chi connectivity index (χ4n) is 2.27. The summed E-state index contributed by atoms with van der Waals surface area (Å²) >= 11 is 0. The summed E-state index contributed by atoms with van der Waals surface area (Å²) < 4.78 is 5.03. The molecule has 0 saturated heterocycles. The standard InChI is InChI=1S/C14H26N4O/c1-9(2)11(10(3)4)7-16-13-6-12(15)17-14(18-13)8-19-5/h6,9-11H,7-8H2,1-5H3,(H3,15,16,17,18). The van der Waals surface area contributed by atoms with Crippen molar-refractivity contribution in [1.82, 2.24) is 9.97 Å². The molecule has 0 amide bonds. The van der Waals surface area contributed by atoms with E-state index in [9.17, 15) is 0 Å². The van der Waals surface area contributed by atoms with Crippen molar-refractivity contribution >= 4 is 11.6 Å². The third-order valence-corrected chi connectivity index (χ3v) is 3.30. The second-order valence-corrected chi connectivity index (χ2v) is 5.56.